The van der Waals surface area contributed by atoms with Gasteiger partial charge in [0.25, 0.3) is 0 Å². The fourth-order valence-electron chi connectivity index (χ4n) is 8.91. The van der Waals surface area contributed by atoms with Gasteiger partial charge in [-0.2, -0.15) is 0 Å². The maximum absolute atomic E-state index is 14.7. The summed E-state index contributed by atoms with van der Waals surface area (Å²) in [5, 5.41) is 20.0. The fraction of sp³-hybridized carbons (Fsp3) is 0.490. The van der Waals surface area contributed by atoms with E-state index in [1.54, 1.807) is 30.5 Å². The lowest BCUT2D eigenvalue weighted by Crippen LogP contribution is -2.60. The van der Waals surface area contributed by atoms with E-state index >= 15 is 0 Å². The summed E-state index contributed by atoms with van der Waals surface area (Å²) in [5.41, 5.74) is 29.7. The molecule has 2 aliphatic heterocycles. The summed E-state index contributed by atoms with van der Waals surface area (Å²) in [7, 11) is 0. The number of aromatic nitrogens is 1. The van der Waals surface area contributed by atoms with Crippen LogP contribution in [0.3, 0.4) is 0 Å². The average Bonchev–Trinajstić information content (AvgIpc) is 4.03. The largest absolute Gasteiger partial charge is 0.370 e. The van der Waals surface area contributed by atoms with Crippen LogP contribution < -0.4 is 65.9 Å². The molecule has 2 fully saturated rings. The maximum atomic E-state index is 14.7. The number of fused-ring (bicyclic) bond motifs is 2. The number of hydrogen-bond donors (Lipinski definition) is 13. The molecule has 2 aliphatic rings. The van der Waals surface area contributed by atoms with Crippen molar-refractivity contribution in [3.05, 3.63) is 70.9 Å². The van der Waals surface area contributed by atoms with Crippen LogP contribution in [0.1, 0.15) is 82.3 Å². The molecule has 0 radical (unpaired) electrons. The molecule has 0 saturated carbocycles. The summed E-state index contributed by atoms with van der Waals surface area (Å²) in [6.45, 7) is 1.49. The standard InChI is InChI=1S/C49H69ClN16O9/c1-27(67)60-34(15-7-21-57-48(52)53)42(70)63-36-18-19-40(68)56-20-6-14-33(41(51)69)61-44(72)38(25-29-26-59-32-13-5-3-11-30(29)32)64-43(71)35(16-8-22-58-49(54)55)62-45(73)37(24-28-10-2-4-12-31(28)50)65-46(74)39-17-9-23-66(39)47(36)75/h2-5,10-13,26,33-39,59H,6-9,14-25H2,1H3,(H2,51,69)(H,56,68)(H,60,67)(H,61,72)(H,62,73)(H,63,70)(H,64,71)(H,65,74)(H4,52,53,57)(H4,54,55,58)/t33-,34-,35-,36-,37+,38?,39-/m0/s1. The number of halogens is 1. The van der Waals surface area contributed by atoms with Gasteiger partial charge in [-0.1, -0.05) is 48.0 Å². The predicted octanol–water partition coefficient (Wildman–Crippen LogP) is -2.19. The normalized spacial score (nSPS) is 22.0. The first-order valence-corrected chi connectivity index (χ1v) is 25.2. The number of carbonyl (C=O) groups excluding carboxylic acids is 9. The summed E-state index contributed by atoms with van der Waals surface area (Å²) < 4.78 is 0. The van der Waals surface area contributed by atoms with E-state index in [0.29, 0.717) is 17.5 Å². The minimum Gasteiger partial charge on any atom is -0.370 e. The lowest BCUT2D eigenvalue weighted by atomic mass is 10.0. The van der Waals surface area contributed by atoms with Crippen molar-refractivity contribution in [1.29, 1.82) is 0 Å². The number of benzene rings is 2. The van der Waals surface area contributed by atoms with E-state index in [4.69, 9.17) is 40.3 Å². The molecule has 1 aromatic heterocycles. The molecule has 0 bridgehead atoms. The monoisotopic (exact) mass is 1060 g/mol. The average molecular weight is 1060 g/mol. The number of nitrogens with two attached hydrogens (primary N) is 5. The van der Waals surface area contributed by atoms with E-state index in [1.165, 1.54) is 11.8 Å². The third-order valence-electron chi connectivity index (χ3n) is 12.7. The van der Waals surface area contributed by atoms with Crippen molar-refractivity contribution in [3.8, 4) is 0 Å². The number of amides is 9. The molecule has 406 valence electrons. The maximum Gasteiger partial charge on any atom is 0.245 e. The molecule has 3 aromatic rings. The number of nitrogens with one attached hydrogen (secondary N) is 8. The van der Waals surface area contributed by atoms with Gasteiger partial charge < -0.3 is 75.8 Å². The fourth-order valence-corrected chi connectivity index (χ4v) is 9.13. The molecule has 5 rings (SSSR count). The Morgan fingerprint density at radius 3 is 2.07 bits per heavy atom. The third-order valence-corrected chi connectivity index (χ3v) is 13.1. The number of nitrogens with zero attached hydrogens (tertiary/aromatic N) is 3. The SMILES string of the molecule is CC(=O)N[C@@H](CCCN=C(N)N)C(=O)N[C@H]1CCC(=O)NCCC[C@@H](C(N)=O)NC(=O)C(Cc2c[nH]c3ccccc23)NC(=O)[C@H](CCCN=C(N)N)NC(=O)[C@@H](Cc2ccccc2Cl)NC(=O)[C@@H]2CCCN2C1=O. The number of hydrogen-bond acceptors (Lipinski definition) is 11. The van der Waals surface area contributed by atoms with Crippen molar-refractivity contribution in [2.45, 2.75) is 126 Å². The van der Waals surface area contributed by atoms with Gasteiger partial charge in [0.15, 0.2) is 11.9 Å². The van der Waals surface area contributed by atoms with Crippen LogP contribution in [0.4, 0.5) is 0 Å². The van der Waals surface area contributed by atoms with Gasteiger partial charge in [0, 0.05) is 74.5 Å². The highest BCUT2D eigenvalue weighted by Gasteiger charge is 2.40. The highest BCUT2D eigenvalue weighted by atomic mass is 35.5. The van der Waals surface area contributed by atoms with Crippen LogP contribution in [0.25, 0.3) is 10.9 Å². The third kappa shape index (κ3) is 17.9. The van der Waals surface area contributed by atoms with Crippen LogP contribution in [-0.4, -0.2) is 143 Å². The van der Waals surface area contributed by atoms with E-state index in [-0.39, 0.29) is 114 Å². The number of primary amides is 1. The molecule has 75 heavy (non-hydrogen) atoms. The summed E-state index contributed by atoms with van der Waals surface area (Å²) >= 11 is 6.59. The van der Waals surface area contributed by atoms with Crippen LogP contribution in [0, 0.1) is 0 Å². The highest BCUT2D eigenvalue weighted by Crippen LogP contribution is 2.23. The van der Waals surface area contributed by atoms with Gasteiger partial charge in [-0.25, -0.2) is 0 Å². The minimum absolute atomic E-state index is 0.00429. The number of para-hydroxylation sites is 1. The van der Waals surface area contributed by atoms with Gasteiger partial charge in [0.05, 0.1) is 0 Å². The molecule has 3 heterocycles. The Labute approximate surface area is 438 Å². The number of aromatic amines is 1. The number of H-pyrrole nitrogens is 1. The first-order chi connectivity index (χ1) is 35.8. The lowest BCUT2D eigenvalue weighted by Gasteiger charge is -2.31. The van der Waals surface area contributed by atoms with Gasteiger partial charge in [-0.15, -0.1) is 0 Å². The minimum atomic E-state index is -1.41. The Balaban J connectivity index is 1.53. The molecule has 0 aliphatic carbocycles. The summed E-state index contributed by atoms with van der Waals surface area (Å²) in [5.74, 6) is -6.92. The summed E-state index contributed by atoms with van der Waals surface area (Å²) in [6, 6.07) is 4.86. The Morgan fingerprint density at radius 1 is 0.747 bits per heavy atom. The highest BCUT2D eigenvalue weighted by molar-refractivity contribution is 6.31. The first-order valence-electron chi connectivity index (χ1n) is 24.9. The summed E-state index contributed by atoms with van der Waals surface area (Å²) in [4.78, 5) is 137. The molecule has 1 unspecified atom stereocenters. The zero-order valence-corrected chi connectivity index (χ0v) is 42.6. The number of rotatable bonds is 16. The molecular formula is C49H69ClN16O9. The number of carbonyl (C=O) groups is 9. The first kappa shape index (κ1) is 57.9. The quantitative estimate of drug-likeness (QED) is 0.0413. The van der Waals surface area contributed by atoms with Crippen molar-refractivity contribution in [1.82, 2.24) is 47.1 Å². The molecule has 2 aromatic carbocycles. The topological polar surface area (TPSA) is 412 Å². The second-order valence-electron chi connectivity index (χ2n) is 18.4. The molecule has 7 atom stereocenters. The van der Waals surface area contributed by atoms with Crippen molar-refractivity contribution in [2.75, 3.05) is 26.2 Å². The molecule has 25 nitrogen and oxygen atoms in total. The predicted molar refractivity (Wildman–Crippen MR) is 280 cm³/mol. The van der Waals surface area contributed by atoms with E-state index in [2.05, 4.69) is 52.2 Å². The van der Waals surface area contributed by atoms with Crippen molar-refractivity contribution in [2.24, 2.45) is 38.7 Å². The molecule has 18 N–H and O–H groups in total. The van der Waals surface area contributed by atoms with Gasteiger partial charge in [0.2, 0.25) is 53.2 Å². The summed E-state index contributed by atoms with van der Waals surface area (Å²) in [6.07, 6.45) is 1.95. The van der Waals surface area contributed by atoms with Crippen LogP contribution in [0.15, 0.2) is 64.7 Å². The zero-order chi connectivity index (χ0) is 54.6. The van der Waals surface area contributed by atoms with Crippen molar-refractivity contribution >= 4 is 87.6 Å². The second kappa shape index (κ2) is 28.5. The molecule has 9 amide bonds. The Kier molecular flexibility index (Phi) is 22.0. The Hall–Kier alpha value is -7.96. The van der Waals surface area contributed by atoms with Gasteiger partial charge >= 0.3 is 0 Å². The molecule has 2 saturated heterocycles. The molecule has 26 heteroatoms. The number of aliphatic imine (C=N–C) groups is 2. The van der Waals surface area contributed by atoms with Crippen LogP contribution in [-0.2, 0) is 56.0 Å². The lowest BCUT2D eigenvalue weighted by molar-refractivity contribution is -0.143. The van der Waals surface area contributed by atoms with Gasteiger partial charge in [-0.3, -0.25) is 53.1 Å². The molecular weight excluding hydrogens is 992 g/mol. The molecule has 0 spiro atoms. The van der Waals surface area contributed by atoms with Crippen LogP contribution in [0.5, 0.6) is 0 Å². The van der Waals surface area contributed by atoms with E-state index in [1.807, 2.05) is 24.3 Å². The zero-order valence-electron chi connectivity index (χ0n) is 41.8. The van der Waals surface area contributed by atoms with Crippen LogP contribution in [0.2, 0.25) is 5.02 Å². The van der Waals surface area contributed by atoms with E-state index < -0.39 is 95.5 Å². The van der Waals surface area contributed by atoms with Crippen LogP contribution >= 0.6 is 11.6 Å². The van der Waals surface area contributed by atoms with Gasteiger partial charge in [-0.05, 0) is 81.0 Å². The van der Waals surface area contributed by atoms with E-state index in [9.17, 15) is 43.2 Å². The van der Waals surface area contributed by atoms with Crippen molar-refractivity contribution in [3.63, 3.8) is 0 Å². The number of guanidine groups is 2. The Morgan fingerprint density at radius 2 is 1.37 bits per heavy atom. The van der Waals surface area contributed by atoms with E-state index in [0.717, 1.165) is 10.9 Å². The Bertz CT molecular complexity index is 2600. The smallest absolute Gasteiger partial charge is 0.245 e. The van der Waals surface area contributed by atoms with Gasteiger partial charge in [0.1, 0.15) is 42.3 Å². The van der Waals surface area contributed by atoms with Crippen molar-refractivity contribution < 1.29 is 43.2 Å². The second-order valence-corrected chi connectivity index (χ2v) is 18.8.